The van der Waals surface area contributed by atoms with Crippen LogP contribution in [0.5, 0.6) is 5.75 Å². The molecule has 0 aliphatic rings. The number of nitrogens with zero attached hydrogens (tertiary/aromatic N) is 1. The van der Waals surface area contributed by atoms with Crippen molar-refractivity contribution >= 4 is 39.7 Å². The quantitative estimate of drug-likeness (QED) is 0.621. The van der Waals surface area contributed by atoms with E-state index in [1.165, 1.54) is 6.21 Å². The van der Waals surface area contributed by atoms with E-state index in [-0.39, 0.29) is 5.91 Å². The molecule has 1 amide bonds. The lowest BCUT2D eigenvalue weighted by atomic mass is 10.2. The van der Waals surface area contributed by atoms with Crippen LogP contribution in [0.15, 0.2) is 52.0 Å². The minimum Gasteiger partial charge on any atom is -0.493 e. The van der Waals surface area contributed by atoms with Crippen molar-refractivity contribution in [2.75, 3.05) is 6.61 Å². The van der Waals surface area contributed by atoms with Gasteiger partial charge in [0.25, 0.3) is 5.91 Å². The predicted octanol–water partition coefficient (Wildman–Crippen LogP) is 4.27. The van der Waals surface area contributed by atoms with Gasteiger partial charge in [0, 0.05) is 10.0 Å². The van der Waals surface area contributed by atoms with Crippen molar-refractivity contribution in [2.45, 2.75) is 6.92 Å². The third-order valence-electron chi connectivity index (χ3n) is 2.76. The van der Waals surface area contributed by atoms with E-state index >= 15 is 0 Å². The third-order valence-corrected chi connectivity index (χ3v) is 3.58. The molecule has 0 spiro atoms. The van der Waals surface area contributed by atoms with Crippen LogP contribution in [0.2, 0.25) is 5.02 Å². The summed E-state index contributed by atoms with van der Waals surface area (Å²) in [6.45, 7) is 2.45. The van der Waals surface area contributed by atoms with Crippen LogP contribution in [0, 0.1) is 0 Å². The van der Waals surface area contributed by atoms with Gasteiger partial charge in [0.15, 0.2) is 0 Å². The Morgan fingerprint density at radius 3 is 2.86 bits per heavy atom. The highest BCUT2D eigenvalue weighted by Crippen LogP contribution is 2.21. The number of carbonyl (C=O) groups excluding carboxylic acids is 1. The normalized spacial score (nSPS) is 10.7. The van der Waals surface area contributed by atoms with E-state index in [2.05, 4.69) is 26.5 Å². The van der Waals surface area contributed by atoms with E-state index in [0.29, 0.717) is 22.9 Å². The lowest BCUT2D eigenvalue weighted by Gasteiger charge is -2.07. The number of halogens is 2. The maximum atomic E-state index is 12.0. The molecular weight excluding hydrogens is 368 g/mol. The fraction of sp³-hybridized carbons (Fsp3) is 0.125. The highest BCUT2D eigenvalue weighted by molar-refractivity contribution is 9.10. The molecule has 114 valence electrons. The first-order valence-corrected chi connectivity index (χ1v) is 7.79. The Balaban J connectivity index is 2.11. The van der Waals surface area contributed by atoms with Gasteiger partial charge >= 0.3 is 0 Å². The summed E-state index contributed by atoms with van der Waals surface area (Å²) in [4.78, 5) is 12.0. The van der Waals surface area contributed by atoms with Crippen LogP contribution < -0.4 is 10.2 Å². The molecule has 0 bridgehead atoms. The number of hydrogen-bond donors (Lipinski definition) is 1. The molecule has 6 heteroatoms. The average Bonchev–Trinajstić information content (AvgIpc) is 2.50. The highest BCUT2D eigenvalue weighted by atomic mass is 79.9. The van der Waals surface area contributed by atoms with Crippen molar-refractivity contribution in [1.82, 2.24) is 5.43 Å². The molecule has 0 unspecified atom stereocenters. The molecule has 22 heavy (non-hydrogen) atoms. The van der Waals surface area contributed by atoms with Gasteiger partial charge in [-0.3, -0.25) is 4.79 Å². The Labute approximate surface area is 142 Å². The monoisotopic (exact) mass is 380 g/mol. The van der Waals surface area contributed by atoms with Gasteiger partial charge in [-0.25, -0.2) is 5.43 Å². The Morgan fingerprint density at radius 1 is 1.36 bits per heavy atom. The van der Waals surface area contributed by atoms with E-state index in [9.17, 15) is 4.79 Å². The summed E-state index contributed by atoms with van der Waals surface area (Å²) in [5, 5.41) is 4.34. The van der Waals surface area contributed by atoms with Gasteiger partial charge in [0.2, 0.25) is 0 Å². The van der Waals surface area contributed by atoms with Crippen molar-refractivity contribution in [1.29, 1.82) is 0 Å². The van der Waals surface area contributed by atoms with Gasteiger partial charge in [-0.2, -0.15) is 5.10 Å². The summed E-state index contributed by atoms with van der Waals surface area (Å²) in [6.07, 6.45) is 1.53. The van der Waals surface area contributed by atoms with Crippen LogP contribution >= 0.6 is 27.5 Å². The molecule has 0 saturated carbocycles. The Hall–Kier alpha value is -1.85. The first-order chi connectivity index (χ1) is 10.6. The summed E-state index contributed by atoms with van der Waals surface area (Å²) in [7, 11) is 0. The van der Waals surface area contributed by atoms with Crippen molar-refractivity contribution in [3.8, 4) is 5.75 Å². The molecule has 0 radical (unpaired) electrons. The minimum atomic E-state index is -0.366. The summed E-state index contributed by atoms with van der Waals surface area (Å²) < 4.78 is 6.41. The van der Waals surface area contributed by atoms with E-state index in [1.807, 2.05) is 25.1 Å². The molecule has 0 fully saturated rings. The Morgan fingerprint density at radius 2 is 2.14 bits per heavy atom. The number of hydrazone groups is 1. The molecule has 4 nitrogen and oxygen atoms in total. The van der Waals surface area contributed by atoms with Crippen molar-refractivity contribution < 1.29 is 9.53 Å². The third kappa shape index (κ3) is 4.32. The zero-order chi connectivity index (χ0) is 15.9. The van der Waals surface area contributed by atoms with Crippen LogP contribution in [0.3, 0.4) is 0 Å². The molecule has 2 rings (SSSR count). The maximum absolute atomic E-state index is 12.0. The number of benzene rings is 2. The maximum Gasteiger partial charge on any atom is 0.272 e. The SMILES string of the molecule is CCOc1ccc(Br)cc1/C=N/NC(=O)c1ccccc1Cl. The van der Waals surface area contributed by atoms with Crippen LogP contribution in [0.25, 0.3) is 0 Å². The van der Waals surface area contributed by atoms with E-state index in [0.717, 1.165) is 10.0 Å². The molecule has 0 atom stereocenters. The Kier molecular flexibility index (Phi) is 5.98. The summed E-state index contributed by atoms with van der Waals surface area (Å²) >= 11 is 9.36. The first-order valence-electron chi connectivity index (χ1n) is 6.62. The van der Waals surface area contributed by atoms with E-state index < -0.39 is 0 Å². The van der Waals surface area contributed by atoms with E-state index in [1.54, 1.807) is 24.3 Å². The second-order valence-corrected chi connectivity index (χ2v) is 5.62. The van der Waals surface area contributed by atoms with Crippen molar-refractivity contribution in [2.24, 2.45) is 5.10 Å². The van der Waals surface area contributed by atoms with Crippen LogP contribution in [-0.4, -0.2) is 18.7 Å². The van der Waals surface area contributed by atoms with Gasteiger partial charge in [-0.15, -0.1) is 0 Å². The number of amides is 1. The zero-order valence-corrected chi connectivity index (χ0v) is 14.2. The highest BCUT2D eigenvalue weighted by Gasteiger charge is 2.08. The van der Waals surface area contributed by atoms with Gasteiger partial charge < -0.3 is 4.74 Å². The molecule has 0 aliphatic carbocycles. The smallest absolute Gasteiger partial charge is 0.272 e. The summed E-state index contributed by atoms with van der Waals surface area (Å²) in [5.41, 5.74) is 3.59. The Bertz CT molecular complexity index is 704. The summed E-state index contributed by atoms with van der Waals surface area (Å²) in [6, 6.07) is 12.4. The number of ether oxygens (including phenoxy) is 1. The topological polar surface area (TPSA) is 50.7 Å². The van der Waals surface area contributed by atoms with Gasteiger partial charge in [-0.1, -0.05) is 39.7 Å². The molecule has 2 aromatic carbocycles. The number of carbonyl (C=O) groups is 1. The van der Waals surface area contributed by atoms with Gasteiger partial charge in [0.05, 0.1) is 23.4 Å². The molecule has 0 saturated heterocycles. The fourth-order valence-corrected chi connectivity index (χ4v) is 2.37. The van der Waals surface area contributed by atoms with Crippen molar-refractivity contribution in [3.05, 3.63) is 63.1 Å². The molecule has 0 heterocycles. The average molecular weight is 382 g/mol. The minimum absolute atomic E-state index is 0.366. The van der Waals surface area contributed by atoms with Crippen molar-refractivity contribution in [3.63, 3.8) is 0 Å². The molecular formula is C16H14BrClN2O2. The molecule has 1 N–H and O–H groups in total. The van der Waals surface area contributed by atoms with Crippen LogP contribution in [-0.2, 0) is 0 Å². The van der Waals surface area contributed by atoms with Crippen LogP contribution in [0.1, 0.15) is 22.8 Å². The largest absolute Gasteiger partial charge is 0.493 e. The van der Waals surface area contributed by atoms with E-state index in [4.69, 9.17) is 16.3 Å². The zero-order valence-electron chi connectivity index (χ0n) is 11.8. The second kappa shape index (κ2) is 7.96. The number of rotatable bonds is 5. The molecule has 0 aliphatic heterocycles. The van der Waals surface area contributed by atoms with Crippen LogP contribution in [0.4, 0.5) is 0 Å². The lowest BCUT2D eigenvalue weighted by Crippen LogP contribution is -2.18. The molecule has 0 aromatic heterocycles. The second-order valence-electron chi connectivity index (χ2n) is 4.29. The number of nitrogens with one attached hydrogen (secondary N) is 1. The number of hydrogen-bond acceptors (Lipinski definition) is 3. The summed E-state index contributed by atoms with van der Waals surface area (Å²) in [5.74, 6) is 0.330. The standard InChI is InChI=1S/C16H14BrClN2O2/c1-2-22-15-8-7-12(17)9-11(15)10-19-20-16(21)13-5-3-4-6-14(13)18/h3-10H,2H2,1H3,(H,20,21)/b19-10+. The fourth-order valence-electron chi connectivity index (χ4n) is 1.77. The predicted molar refractivity (Wildman–Crippen MR) is 91.8 cm³/mol. The lowest BCUT2D eigenvalue weighted by molar-refractivity contribution is 0.0955. The van der Waals surface area contributed by atoms with Gasteiger partial charge in [0.1, 0.15) is 5.75 Å². The van der Waals surface area contributed by atoms with Gasteiger partial charge in [-0.05, 0) is 37.3 Å². The first kappa shape index (κ1) is 16.5. The molecule has 2 aromatic rings.